The second-order valence-electron chi connectivity index (χ2n) is 3.28. The second kappa shape index (κ2) is 5.21. The van der Waals surface area contributed by atoms with Crippen LogP contribution in [0.5, 0.6) is 0 Å². The molecule has 0 bridgehead atoms. The zero-order valence-corrected chi connectivity index (χ0v) is 10.3. The zero-order valence-electron chi connectivity index (χ0n) is 8.76. The fourth-order valence-electron chi connectivity index (χ4n) is 1.30. The van der Waals surface area contributed by atoms with Crippen molar-refractivity contribution in [3.8, 4) is 0 Å². The Kier molecular flexibility index (Phi) is 3.66. The third-order valence-corrected chi connectivity index (χ3v) is 3.27. The number of carbonyl (C=O) groups is 1. The lowest BCUT2D eigenvalue weighted by Gasteiger charge is -2.05. The van der Waals surface area contributed by atoms with Gasteiger partial charge in [-0.25, -0.2) is 4.98 Å². The van der Waals surface area contributed by atoms with Crippen LogP contribution < -0.4 is 5.73 Å². The summed E-state index contributed by atoms with van der Waals surface area (Å²) in [5.74, 6) is -0.555. The summed E-state index contributed by atoms with van der Waals surface area (Å²) >= 11 is 7.27. The van der Waals surface area contributed by atoms with E-state index >= 15 is 0 Å². The minimum Gasteiger partial charge on any atom is -0.364 e. The molecule has 17 heavy (non-hydrogen) atoms. The van der Waals surface area contributed by atoms with E-state index in [0.717, 1.165) is 4.90 Å². The Labute approximate surface area is 108 Å². The molecule has 0 radical (unpaired) electrons. The van der Waals surface area contributed by atoms with Gasteiger partial charge >= 0.3 is 0 Å². The van der Waals surface area contributed by atoms with Crippen LogP contribution in [0.3, 0.4) is 0 Å². The van der Waals surface area contributed by atoms with Crippen molar-refractivity contribution in [3.63, 3.8) is 0 Å². The van der Waals surface area contributed by atoms with Crippen molar-refractivity contribution in [3.05, 3.63) is 53.3 Å². The molecular weight excluding hydrogens is 256 g/mol. The highest BCUT2D eigenvalue weighted by atomic mass is 35.5. The van der Waals surface area contributed by atoms with Crippen molar-refractivity contribution >= 4 is 29.3 Å². The summed E-state index contributed by atoms with van der Waals surface area (Å²) in [4.78, 5) is 16.8. The lowest BCUT2D eigenvalue weighted by Crippen LogP contribution is -2.14. The normalized spacial score (nSPS) is 10.2. The van der Waals surface area contributed by atoms with Crippen molar-refractivity contribution in [1.29, 1.82) is 0 Å². The van der Waals surface area contributed by atoms with Crippen LogP contribution in [0.25, 0.3) is 0 Å². The average Bonchev–Trinajstić information content (AvgIpc) is 2.30. The first kappa shape index (κ1) is 12.0. The Morgan fingerprint density at radius 3 is 2.65 bits per heavy atom. The Morgan fingerprint density at radius 1 is 1.29 bits per heavy atom. The fraction of sp³-hybridized carbons (Fsp3) is 0. The summed E-state index contributed by atoms with van der Waals surface area (Å²) in [7, 11) is 0. The third-order valence-electron chi connectivity index (χ3n) is 2.02. The second-order valence-corrected chi connectivity index (χ2v) is 4.83. The topological polar surface area (TPSA) is 56.0 Å². The van der Waals surface area contributed by atoms with Crippen LogP contribution in [0.1, 0.15) is 10.5 Å². The van der Waals surface area contributed by atoms with Gasteiger partial charge in [0.05, 0.1) is 5.02 Å². The van der Waals surface area contributed by atoms with E-state index in [0.29, 0.717) is 9.92 Å². The molecule has 0 aliphatic carbocycles. The van der Waals surface area contributed by atoms with Gasteiger partial charge in [0.1, 0.15) is 5.69 Å². The minimum atomic E-state index is -0.555. The standard InChI is InChI=1S/C12H9ClN2OS/c13-8-6-10(11(12(14)16)15-7-8)17-9-4-2-1-3-5-9/h1-7H,(H2,14,16). The number of hydrogen-bond donors (Lipinski definition) is 1. The molecule has 2 N–H and O–H groups in total. The maximum atomic E-state index is 11.2. The van der Waals surface area contributed by atoms with E-state index in [2.05, 4.69) is 4.98 Å². The van der Waals surface area contributed by atoms with Crippen molar-refractivity contribution in [2.24, 2.45) is 5.73 Å². The molecule has 0 saturated carbocycles. The van der Waals surface area contributed by atoms with Gasteiger partial charge in [0.2, 0.25) is 0 Å². The zero-order chi connectivity index (χ0) is 12.3. The SMILES string of the molecule is NC(=O)c1ncc(Cl)cc1Sc1ccccc1. The lowest BCUT2D eigenvalue weighted by atomic mass is 10.3. The average molecular weight is 265 g/mol. The molecule has 0 spiro atoms. The van der Waals surface area contributed by atoms with Crippen molar-refractivity contribution < 1.29 is 4.79 Å². The first-order valence-electron chi connectivity index (χ1n) is 4.85. The van der Waals surface area contributed by atoms with Gasteiger partial charge in [-0.3, -0.25) is 4.79 Å². The van der Waals surface area contributed by atoms with E-state index < -0.39 is 5.91 Å². The van der Waals surface area contributed by atoms with Crippen LogP contribution in [0.15, 0.2) is 52.4 Å². The quantitative estimate of drug-likeness (QED) is 0.927. The van der Waals surface area contributed by atoms with E-state index in [9.17, 15) is 4.79 Å². The monoisotopic (exact) mass is 264 g/mol. The molecule has 1 aromatic carbocycles. The smallest absolute Gasteiger partial charge is 0.268 e. The van der Waals surface area contributed by atoms with Gasteiger partial charge in [0.15, 0.2) is 0 Å². The van der Waals surface area contributed by atoms with Gasteiger partial charge in [-0.2, -0.15) is 0 Å². The maximum absolute atomic E-state index is 11.2. The molecule has 0 aliphatic heterocycles. The Morgan fingerprint density at radius 2 is 2.00 bits per heavy atom. The number of hydrogen-bond acceptors (Lipinski definition) is 3. The highest BCUT2D eigenvalue weighted by molar-refractivity contribution is 7.99. The molecule has 1 amide bonds. The van der Waals surface area contributed by atoms with Crippen LogP contribution >= 0.6 is 23.4 Å². The summed E-state index contributed by atoms with van der Waals surface area (Å²) in [5, 5.41) is 0.480. The number of rotatable bonds is 3. The molecule has 1 aromatic heterocycles. The molecule has 2 rings (SSSR count). The number of pyridine rings is 1. The van der Waals surface area contributed by atoms with Crippen LogP contribution in [-0.2, 0) is 0 Å². The van der Waals surface area contributed by atoms with Crippen LogP contribution in [0.2, 0.25) is 5.02 Å². The number of halogens is 1. The molecule has 1 heterocycles. The van der Waals surface area contributed by atoms with E-state index in [4.69, 9.17) is 17.3 Å². The summed E-state index contributed by atoms with van der Waals surface area (Å²) < 4.78 is 0. The van der Waals surface area contributed by atoms with Gasteiger partial charge in [0.25, 0.3) is 5.91 Å². The highest BCUT2D eigenvalue weighted by Crippen LogP contribution is 2.30. The predicted molar refractivity (Wildman–Crippen MR) is 68.3 cm³/mol. The van der Waals surface area contributed by atoms with Gasteiger partial charge in [-0.15, -0.1) is 0 Å². The number of benzene rings is 1. The number of amides is 1. The number of carbonyl (C=O) groups excluding carboxylic acids is 1. The summed E-state index contributed by atoms with van der Waals surface area (Å²) in [6.45, 7) is 0. The molecule has 5 heteroatoms. The summed E-state index contributed by atoms with van der Waals surface area (Å²) in [5.41, 5.74) is 5.50. The minimum absolute atomic E-state index is 0.239. The molecule has 0 fully saturated rings. The number of aromatic nitrogens is 1. The molecule has 0 atom stereocenters. The Balaban J connectivity index is 2.37. The predicted octanol–water partition coefficient (Wildman–Crippen LogP) is 2.99. The van der Waals surface area contributed by atoms with Crippen LogP contribution in [0, 0.1) is 0 Å². The van der Waals surface area contributed by atoms with Crippen LogP contribution in [-0.4, -0.2) is 10.9 Å². The molecule has 3 nitrogen and oxygen atoms in total. The van der Waals surface area contributed by atoms with Crippen LogP contribution in [0.4, 0.5) is 0 Å². The lowest BCUT2D eigenvalue weighted by molar-refractivity contribution is 0.0992. The summed E-state index contributed by atoms with van der Waals surface area (Å²) in [6.07, 6.45) is 1.41. The largest absolute Gasteiger partial charge is 0.364 e. The van der Waals surface area contributed by atoms with Crippen molar-refractivity contribution in [2.45, 2.75) is 9.79 Å². The molecule has 86 valence electrons. The summed E-state index contributed by atoms with van der Waals surface area (Å²) in [6, 6.07) is 11.3. The van der Waals surface area contributed by atoms with Gasteiger partial charge < -0.3 is 5.73 Å². The van der Waals surface area contributed by atoms with Crippen molar-refractivity contribution in [1.82, 2.24) is 4.98 Å². The molecule has 0 unspecified atom stereocenters. The van der Waals surface area contributed by atoms with Gasteiger partial charge in [-0.1, -0.05) is 41.6 Å². The Bertz CT molecular complexity index is 545. The first-order chi connectivity index (χ1) is 8.16. The molecule has 2 aromatic rings. The van der Waals surface area contributed by atoms with E-state index in [-0.39, 0.29) is 5.69 Å². The van der Waals surface area contributed by atoms with Gasteiger partial charge in [0, 0.05) is 16.0 Å². The molecule has 0 saturated heterocycles. The van der Waals surface area contributed by atoms with E-state index in [1.54, 1.807) is 6.07 Å². The first-order valence-corrected chi connectivity index (χ1v) is 6.04. The molecular formula is C12H9ClN2OS. The van der Waals surface area contributed by atoms with E-state index in [1.807, 2.05) is 30.3 Å². The van der Waals surface area contributed by atoms with E-state index in [1.165, 1.54) is 18.0 Å². The van der Waals surface area contributed by atoms with Crippen molar-refractivity contribution in [2.75, 3.05) is 0 Å². The number of nitrogens with zero attached hydrogens (tertiary/aromatic N) is 1. The number of primary amides is 1. The highest BCUT2D eigenvalue weighted by Gasteiger charge is 2.11. The third kappa shape index (κ3) is 2.99. The Hall–Kier alpha value is -1.52. The molecule has 0 aliphatic rings. The fourth-order valence-corrected chi connectivity index (χ4v) is 2.50. The number of nitrogens with two attached hydrogens (primary N) is 1. The van der Waals surface area contributed by atoms with Gasteiger partial charge in [-0.05, 0) is 18.2 Å². The maximum Gasteiger partial charge on any atom is 0.268 e.